The average Bonchev–Trinajstić information content (AvgIpc) is 2.50. The first-order valence-corrected chi connectivity index (χ1v) is 7.16. The fourth-order valence-electron chi connectivity index (χ4n) is 2.10. The number of hydrogen-bond donors (Lipinski definition) is 1. The fourth-order valence-corrected chi connectivity index (χ4v) is 2.37. The van der Waals surface area contributed by atoms with Gasteiger partial charge in [-0.3, -0.25) is 0 Å². The Balaban J connectivity index is 2.17. The van der Waals surface area contributed by atoms with E-state index >= 15 is 0 Å². The van der Waals surface area contributed by atoms with Gasteiger partial charge in [-0.2, -0.15) is 5.26 Å². The maximum atomic E-state index is 9.27. The van der Waals surface area contributed by atoms with E-state index in [1.807, 2.05) is 49.4 Å². The molecule has 5 heteroatoms. The first-order valence-electron chi connectivity index (χ1n) is 6.37. The number of aryl methyl sites for hydroxylation is 1. The van der Waals surface area contributed by atoms with E-state index in [0.717, 1.165) is 26.6 Å². The molecule has 102 valence electrons. The van der Waals surface area contributed by atoms with Crippen LogP contribution in [0.15, 0.2) is 46.9 Å². The average molecular weight is 339 g/mol. The van der Waals surface area contributed by atoms with Crippen LogP contribution in [0.4, 0.5) is 11.4 Å². The molecule has 0 fully saturated rings. The molecule has 3 aromatic rings. The highest BCUT2D eigenvalue weighted by molar-refractivity contribution is 9.10. The lowest BCUT2D eigenvalue weighted by molar-refractivity contribution is 1.05. The van der Waals surface area contributed by atoms with Gasteiger partial charge in [-0.1, -0.05) is 27.6 Å². The highest BCUT2D eigenvalue weighted by atomic mass is 79.9. The first kappa shape index (κ1) is 13.5. The fraction of sp³-hybridized carbons (Fsp3) is 0.0625. The van der Waals surface area contributed by atoms with Gasteiger partial charge in [0.2, 0.25) is 0 Å². The van der Waals surface area contributed by atoms with E-state index < -0.39 is 0 Å². The molecule has 1 heterocycles. The van der Waals surface area contributed by atoms with Gasteiger partial charge in [0, 0.05) is 15.5 Å². The highest BCUT2D eigenvalue weighted by Gasteiger charge is 2.11. The smallest absolute Gasteiger partial charge is 0.187 e. The Hall–Kier alpha value is -2.45. The summed E-state index contributed by atoms with van der Waals surface area (Å²) in [5.41, 5.74) is 3.74. The van der Waals surface area contributed by atoms with Gasteiger partial charge in [0.15, 0.2) is 5.69 Å². The van der Waals surface area contributed by atoms with E-state index in [1.54, 1.807) is 0 Å². The van der Waals surface area contributed by atoms with Crippen molar-refractivity contribution in [3.63, 3.8) is 0 Å². The lowest BCUT2D eigenvalue weighted by Crippen LogP contribution is -2.00. The number of nitrogens with one attached hydrogen (secondary N) is 1. The Kier molecular flexibility index (Phi) is 3.55. The molecule has 0 unspecified atom stereocenters. The van der Waals surface area contributed by atoms with E-state index in [1.165, 1.54) is 0 Å². The lowest BCUT2D eigenvalue weighted by Gasteiger charge is -2.11. The number of benzene rings is 2. The van der Waals surface area contributed by atoms with E-state index in [0.29, 0.717) is 5.69 Å². The van der Waals surface area contributed by atoms with Crippen LogP contribution in [0, 0.1) is 18.3 Å². The summed E-state index contributed by atoms with van der Waals surface area (Å²) in [5, 5.41) is 21.5. The molecule has 0 aliphatic heterocycles. The van der Waals surface area contributed by atoms with E-state index in [2.05, 4.69) is 37.5 Å². The Morgan fingerprint density at radius 1 is 1.10 bits per heavy atom. The van der Waals surface area contributed by atoms with E-state index in [9.17, 15) is 5.26 Å². The van der Waals surface area contributed by atoms with Crippen molar-refractivity contribution in [2.45, 2.75) is 6.92 Å². The molecule has 0 radical (unpaired) electrons. The monoisotopic (exact) mass is 338 g/mol. The van der Waals surface area contributed by atoms with Crippen LogP contribution in [0.2, 0.25) is 0 Å². The van der Waals surface area contributed by atoms with Crippen LogP contribution in [0.5, 0.6) is 0 Å². The summed E-state index contributed by atoms with van der Waals surface area (Å²) < 4.78 is 1.00. The number of fused-ring (bicyclic) bond motifs is 1. The number of rotatable bonds is 2. The minimum Gasteiger partial charge on any atom is -0.353 e. The molecule has 1 N–H and O–H groups in total. The third-order valence-corrected chi connectivity index (χ3v) is 3.66. The molecule has 1 aromatic heterocycles. The van der Waals surface area contributed by atoms with Crippen LogP contribution in [0.1, 0.15) is 11.3 Å². The predicted octanol–water partition coefficient (Wildman–Crippen LogP) is 4.32. The first-order chi connectivity index (χ1) is 10.2. The van der Waals surface area contributed by atoms with Crippen LogP contribution in [0.25, 0.3) is 10.9 Å². The summed E-state index contributed by atoms with van der Waals surface area (Å²) in [6, 6.07) is 15.7. The molecule has 4 nitrogen and oxygen atoms in total. The number of halogens is 1. The summed E-state index contributed by atoms with van der Waals surface area (Å²) in [7, 11) is 0. The molecule has 0 bridgehead atoms. The molecule has 0 aliphatic carbocycles. The molecule has 0 saturated carbocycles. The molecule has 0 amide bonds. The minimum absolute atomic E-state index is 0.288. The van der Waals surface area contributed by atoms with Crippen molar-refractivity contribution in [3.05, 3.63) is 58.2 Å². The van der Waals surface area contributed by atoms with Crippen molar-refractivity contribution in [1.82, 2.24) is 10.2 Å². The van der Waals surface area contributed by atoms with Crippen molar-refractivity contribution < 1.29 is 0 Å². The van der Waals surface area contributed by atoms with Crippen LogP contribution < -0.4 is 5.32 Å². The van der Waals surface area contributed by atoms with Crippen molar-refractivity contribution in [3.8, 4) is 6.07 Å². The minimum atomic E-state index is 0.288. The number of aromatic nitrogens is 2. The largest absolute Gasteiger partial charge is 0.353 e. The summed E-state index contributed by atoms with van der Waals surface area (Å²) >= 11 is 3.41. The zero-order chi connectivity index (χ0) is 14.8. The van der Waals surface area contributed by atoms with Gasteiger partial charge in [0.05, 0.1) is 11.2 Å². The van der Waals surface area contributed by atoms with E-state index in [-0.39, 0.29) is 5.69 Å². The molecule has 21 heavy (non-hydrogen) atoms. The van der Waals surface area contributed by atoms with Crippen molar-refractivity contribution in [2.75, 3.05) is 5.32 Å². The van der Waals surface area contributed by atoms with Crippen LogP contribution in [0.3, 0.4) is 0 Å². The number of nitriles is 1. The van der Waals surface area contributed by atoms with Gasteiger partial charge >= 0.3 is 0 Å². The Morgan fingerprint density at radius 2 is 1.86 bits per heavy atom. The molecule has 0 spiro atoms. The number of nitrogens with zero attached hydrogens (tertiary/aromatic N) is 3. The van der Waals surface area contributed by atoms with Crippen LogP contribution in [-0.4, -0.2) is 10.2 Å². The SMILES string of the molecule is Cc1ccc2nnc(C#N)c(Nc3ccc(Br)cc3)c2c1. The Labute approximate surface area is 130 Å². The summed E-state index contributed by atoms with van der Waals surface area (Å²) in [6.07, 6.45) is 0. The van der Waals surface area contributed by atoms with Gasteiger partial charge in [0.25, 0.3) is 0 Å². The number of anilines is 2. The molecule has 0 saturated heterocycles. The lowest BCUT2D eigenvalue weighted by atomic mass is 10.1. The Morgan fingerprint density at radius 3 is 2.57 bits per heavy atom. The number of hydrogen-bond acceptors (Lipinski definition) is 4. The predicted molar refractivity (Wildman–Crippen MR) is 86.4 cm³/mol. The van der Waals surface area contributed by atoms with Gasteiger partial charge < -0.3 is 5.32 Å². The second-order valence-electron chi connectivity index (χ2n) is 4.69. The van der Waals surface area contributed by atoms with Crippen LogP contribution >= 0.6 is 15.9 Å². The van der Waals surface area contributed by atoms with Gasteiger partial charge in [0.1, 0.15) is 6.07 Å². The van der Waals surface area contributed by atoms with E-state index in [4.69, 9.17) is 0 Å². The molecular formula is C16H11BrN4. The molecular weight excluding hydrogens is 328 g/mol. The summed E-state index contributed by atoms with van der Waals surface area (Å²) in [5.74, 6) is 0. The maximum Gasteiger partial charge on any atom is 0.187 e. The Bertz CT molecular complexity index is 851. The third kappa shape index (κ3) is 2.71. The second kappa shape index (κ2) is 5.51. The molecule has 0 atom stereocenters. The van der Waals surface area contributed by atoms with Gasteiger partial charge in [-0.25, -0.2) is 0 Å². The van der Waals surface area contributed by atoms with Crippen molar-refractivity contribution in [1.29, 1.82) is 5.26 Å². The maximum absolute atomic E-state index is 9.27. The summed E-state index contributed by atoms with van der Waals surface area (Å²) in [6.45, 7) is 2.01. The second-order valence-corrected chi connectivity index (χ2v) is 5.60. The quantitative estimate of drug-likeness (QED) is 0.755. The zero-order valence-corrected chi connectivity index (χ0v) is 12.8. The molecule has 3 rings (SSSR count). The van der Waals surface area contributed by atoms with Gasteiger partial charge in [-0.05, 0) is 43.3 Å². The van der Waals surface area contributed by atoms with Crippen LogP contribution in [-0.2, 0) is 0 Å². The summed E-state index contributed by atoms with van der Waals surface area (Å²) in [4.78, 5) is 0. The normalized spacial score (nSPS) is 10.3. The molecule has 0 aliphatic rings. The topological polar surface area (TPSA) is 61.6 Å². The van der Waals surface area contributed by atoms with Gasteiger partial charge in [-0.15, -0.1) is 10.2 Å². The van der Waals surface area contributed by atoms with Crippen molar-refractivity contribution >= 4 is 38.2 Å². The van der Waals surface area contributed by atoms with Crippen molar-refractivity contribution in [2.24, 2.45) is 0 Å². The highest BCUT2D eigenvalue weighted by Crippen LogP contribution is 2.28. The third-order valence-electron chi connectivity index (χ3n) is 3.14. The zero-order valence-electron chi connectivity index (χ0n) is 11.3. The molecule has 2 aromatic carbocycles. The standard InChI is InChI=1S/C16H11BrN4/c1-10-2-7-14-13(8-10)16(15(9-18)21-20-14)19-12-5-3-11(17)4-6-12/h2-8H,1H3,(H,19,20).